The zero-order chi connectivity index (χ0) is 15.2. The monoisotopic (exact) mass is 306 g/mol. The van der Waals surface area contributed by atoms with Crippen molar-refractivity contribution >= 4 is 17.3 Å². The first-order chi connectivity index (χ1) is 10.1. The lowest BCUT2D eigenvalue weighted by Crippen LogP contribution is -2.21. The number of nitrogens with zero attached hydrogens (tertiary/aromatic N) is 1. The van der Waals surface area contributed by atoms with Crippen molar-refractivity contribution in [2.75, 3.05) is 6.54 Å². The highest BCUT2D eigenvalue weighted by Crippen LogP contribution is 2.22. The summed E-state index contributed by atoms with van der Waals surface area (Å²) in [6.07, 6.45) is -0.663. The molecule has 0 aromatic heterocycles. The number of benzene rings is 2. The lowest BCUT2D eigenvalue weighted by atomic mass is 10.1. The molecule has 5 nitrogen and oxygen atoms in total. The number of nitro benzene ring substituents is 1. The Labute approximate surface area is 127 Å². The minimum absolute atomic E-state index is 0.0149. The van der Waals surface area contributed by atoms with E-state index in [-0.39, 0.29) is 12.2 Å². The van der Waals surface area contributed by atoms with Crippen LogP contribution < -0.4 is 5.32 Å². The lowest BCUT2D eigenvalue weighted by molar-refractivity contribution is -0.385. The zero-order valence-corrected chi connectivity index (χ0v) is 12.0. The van der Waals surface area contributed by atoms with E-state index in [1.165, 1.54) is 12.1 Å². The molecule has 0 heterocycles. The molecule has 0 saturated carbocycles. The van der Waals surface area contributed by atoms with Crippen LogP contribution in [0, 0.1) is 10.1 Å². The standard InChI is InChI=1S/C15H15ClN2O3/c16-13-6-7-14(18(20)21)12(8-13)9-17-10-15(19)11-4-2-1-3-5-11/h1-8,15,17,19H,9-10H2. The van der Waals surface area contributed by atoms with Crippen LogP contribution in [0.25, 0.3) is 0 Å². The summed E-state index contributed by atoms with van der Waals surface area (Å²) in [6, 6.07) is 13.7. The lowest BCUT2D eigenvalue weighted by Gasteiger charge is -2.12. The molecule has 0 saturated heterocycles. The summed E-state index contributed by atoms with van der Waals surface area (Å²) >= 11 is 5.86. The van der Waals surface area contributed by atoms with Gasteiger partial charge in [-0.3, -0.25) is 10.1 Å². The van der Waals surface area contributed by atoms with Gasteiger partial charge in [0.05, 0.1) is 11.0 Å². The molecule has 0 bridgehead atoms. The van der Waals surface area contributed by atoms with Gasteiger partial charge in [0.15, 0.2) is 0 Å². The number of aliphatic hydroxyl groups is 1. The molecule has 0 aliphatic heterocycles. The Bertz CT molecular complexity index is 620. The summed E-state index contributed by atoms with van der Waals surface area (Å²) < 4.78 is 0. The normalized spacial score (nSPS) is 12.1. The van der Waals surface area contributed by atoms with E-state index in [2.05, 4.69) is 5.32 Å². The van der Waals surface area contributed by atoms with Gasteiger partial charge < -0.3 is 10.4 Å². The van der Waals surface area contributed by atoms with Crippen molar-refractivity contribution in [2.24, 2.45) is 0 Å². The topological polar surface area (TPSA) is 75.4 Å². The molecule has 0 fully saturated rings. The van der Waals surface area contributed by atoms with Gasteiger partial charge in [-0.25, -0.2) is 0 Å². The maximum absolute atomic E-state index is 10.9. The number of halogens is 1. The highest BCUT2D eigenvalue weighted by atomic mass is 35.5. The average Bonchev–Trinajstić information content (AvgIpc) is 2.48. The van der Waals surface area contributed by atoms with E-state index in [0.717, 1.165) is 5.56 Å². The molecule has 0 radical (unpaired) electrons. The van der Waals surface area contributed by atoms with Crippen LogP contribution in [0.4, 0.5) is 5.69 Å². The third kappa shape index (κ3) is 4.26. The molecule has 0 amide bonds. The molecule has 6 heteroatoms. The van der Waals surface area contributed by atoms with Crippen LogP contribution in [0.1, 0.15) is 17.2 Å². The van der Waals surface area contributed by atoms with Gasteiger partial charge in [0, 0.05) is 29.7 Å². The quantitative estimate of drug-likeness (QED) is 0.635. The Kier molecular flexibility index (Phi) is 5.27. The fraction of sp³-hybridized carbons (Fsp3) is 0.200. The van der Waals surface area contributed by atoms with Crippen molar-refractivity contribution in [1.82, 2.24) is 5.32 Å². The highest BCUT2D eigenvalue weighted by Gasteiger charge is 2.14. The van der Waals surface area contributed by atoms with Gasteiger partial charge in [0.25, 0.3) is 5.69 Å². The van der Waals surface area contributed by atoms with Crippen molar-refractivity contribution in [3.05, 3.63) is 74.8 Å². The average molecular weight is 307 g/mol. The summed E-state index contributed by atoms with van der Waals surface area (Å²) in [5.41, 5.74) is 1.31. The van der Waals surface area contributed by atoms with Crippen LogP contribution in [-0.4, -0.2) is 16.6 Å². The van der Waals surface area contributed by atoms with Crippen LogP contribution in [-0.2, 0) is 6.54 Å². The van der Waals surface area contributed by atoms with Gasteiger partial charge >= 0.3 is 0 Å². The number of rotatable bonds is 6. The Hall–Kier alpha value is -1.95. The molecule has 21 heavy (non-hydrogen) atoms. The van der Waals surface area contributed by atoms with Crippen molar-refractivity contribution < 1.29 is 10.0 Å². The third-order valence-corrected chi connectivity index (χ3v) is 3.31. The minimum atomic E-state index is -0.663. The van der Waals surface area contributed by atoms with E-state index >= 15 is 0 Å². The van der Waals surface area contributed by atoms with Gasteiger partial charge in [0.2, 0.25) is 0 Å². The minimum Gasteiger partial charge on any atom is -0.387 e. The molecule has 2 aromatic rings. The van der Waals surface area contributed by atoms with Crippen molar-refractivity contribution in [3.63, 3.8) is 0 Å². The second-order valence-corrected chi connectivity index (χ2v) is 5.02. The summed E-state index contributed by atoms with van der Waals surface area (Å²) in [6.45, 7) is 0.564. The van der Waals surface area contributed by atoms with Gasteiger partial charge in [-0.15, -0.1) is 0 Å². The van der Waals surface area contributed by atoms with E-state index in [1.54, 1.807) is 6.07 Å². The van der Waals surface area contributed by atoms with Gasteiger partial charge in [-0.1, -0.05) is 41.9 Å². The molecule has 0 aliphatic carbocycles. The molecule has 0 aliphatic rings. The molecular formula is C15H15ClN2O3. The molecule has 2 N–H and O–H groups in total. The first-order valence-corrected chi connectivity index (χ1v) is 6.82. The zero-order valence-electron chi connectivity index (χ0n) is 11.2. The van der Waals surface area contributed by atoms with Crippen molar-refractivity contribution in [3.8, 4) is 0 Å². The van der Waals surface area contributed by atoms with Crippen LogP contribution in [0.3, 0.4) is 0 Å². The first-order valence-electron chi connectivity index (χ1n) is 6.44. The second kappa shape index (κ2) is 7.17. The van der Waals surface area contributed by atoms with E-state index in [1.807, 2.05) is 30.3 Å². The number of hydrogen-bond donors (Lipinski definition) is 2. The van der Waals surface area contributed by atoms with Crippen LogP contribution in [0.2, 0.25) is 5.02 Å². The van der Waals surface area contributed by atoms with Crippen LogP contribution >= 0.6 is 11.6 Å². The summed E-state index contributed by atoms with van der Waals surface area (Å²) in [4.78, 5) is 10.5. The summed E-state index contributed by atoms with van der Waals surface area (Å²) in [7, 11) is 0. The second-order valence-electron chi connectivity index (χ2n) is 4.59. The highest BCUT2D eigenvalue weighted by molar-refractivity contribution is 6.30. The molecule has 1 atom stereocenters. The maximum Gasteiger partial charge on any atom is 0.273 e. The Morgan fingerprint density at radius 2 is 1.95 bits per heavy atom. The number of hydrogen-bond acceptors (Lipinski definition) is 4. The third-order valence-electron chi connectivity index (χ3n) is 3.08. The number of nitrogens with one attached hydrogen (secondary N) is 1. The van der Waals surface area contributed by atoms with Crippen molar-refractivity contribution in [1.29, 1.82) is 0 Å². The SMILES string of the molecule is O=[N+]([O-])c1ccc(Cl)cc1CNCC(O)c1ccccc1. The number of aliphatic hydroxyl groups excluding tert-OH is 1. The predicted molar refractivity (Wildman–Crippen MR) is 81.2 cm³/mol. The smallest absolute Gasteiger partial charge is 0.273 e. The van der Waals surface area contributed by atoms with E-state index in [9.17, 15) is 15.2 Å². The molecule has 2 aromatic carbocycles. The summed E-state index contributed by atoms with van der Waals surface area (Å²) in [5, 5.41) is 24.4. The Morgan fingerprint density at radius 3 is 2.62 bits per heavy atom. The van der Waals surface area contributed by atoms with Crippen molar-refractivity contribution in [2.45, 2.75) is 12.6 Å². The summed E-state index contributed by atoms with van der Waals surface area (Å²) in [5.74, 6) is 0. The maximum atomic E-state index is 10.9. The molecule has 2 rings (SSSR count). The fourth-order valence-corrected chi connectivity index (χ4v) is 2.21. The van der Waals surface area contributed by atoms with Crippen LogP contribution in [0.15, 0.2) is 48.5 Å². The molecular weight excluding hydrogens is 292 g/mol. The van der Waals surface area contributed by atoms with Gasteiger partial charge in [-0.2, -0.15) is 0 Å². The van der Waals surface area contributed by atoms with Gasteiger partial charge in [0.1, 0.15) is 0 Å². The largest absolute Gasteiger partial charge is 0.387 e. The van der Waals surface area contributed by atoms with E-state index in [0.29, 0.717) is 17.1 Å². The predicted octanol–water partition coefficient (Wildman–Crippen LogP) is 3.07. The first kappa shape index (κ1) is 15.4. The molecule has 1 unspecified atom stereocenters. The van der Waals surface area contributed by atoms with E-state index < -0.39 is 11.0 Å². The Morgan fingerprint density at radius 1 is 1.24 bits per heavy atom. The van der Waals surface area contributed by atoms with Gasteiger partial charge in [-0.05, 0) is 17.7 Å². The Balaban J connectivity index is 1.97. The van der Waals surface area contributed by atoms with Crippen LogP contribution in [0.5, 0.6) is 0 Å². The molecule has 0 spiro atoms. The number of nitro groups is 1. The fourth-order valence-electron chi connectivity index (χ4n) is 2.01. The molecule has 110 valence electrons. The van der Waals surface area contributed by atoms with E-state index in [4.69, 9.17) is 11.6 Å².